The van der Waals surface area contributed by atoms with E-state index in [0.717, 1.165) is 41.4 Å². The van der Waals surface area contributed by atoms with Crippen molar-refractivity contribution in [3.8, 4) is 16.9 Å². The number of hydrogen-bond donors (Lipinski definition) is 2. The van der Waals surface area contributed by atoms with Crippen LogP contribution in [0.4, 0.5) is 14.7 Å². The number of para-hydroxylation sites is 1. The summed E-state index contributed by atoms with van der Waals surface area (Å²) in [6.45, 7) is -1.48. The number of imidazole rings is 1. The largest absolute Gasteiger partial charge is 0.435 e. The topological polar surface area (TPSA) is 96.0 Å². The first-order chi connectivity index (χ1) is 17.5. The number of aromatic nitrogens is 4. The first kappa shape index (κ1) is 23.1. The molecular formula is C25H24F2N5O3S+. The Morgan fingerprint density at radius 2 is 1.78 bits per heavy atom. The van der Waals surface area contributed by atoms with Crippen LogP contribution in [0.2, 0.25) is 0 Å². The number of halogens is 2. The van der Waals surface area contributed by atoms with Crippen LogP contribution in [0.1, 0.15) is 35.4 Å². The Hall–Kier alpha value is -3.28. The monoisotopic (exact) mass is 512 g/mol. The second-order valence-corrected chi connectivity index (χ2v) is 10.6. The van der Waals surface area contributed by atoms with E-state index in [1.165, 1.54) is 6.07 Å². The van der Waals surface area contributed by atoms with Crippen LogP contribution < -0.4 is 9.64 Å². The van der Waals surface area contributed by atoms with Gasteiger partial charge in [-0.25, -0.2) is 15.0 Å². The number of hydrogen-bond acceptors (Lipinski definition) is 7. The molecule has 2 N–H and O–H groups in total. The van der Waals surface area contributed by atoms with E-state index < -0.39 is 23.9 Å². The quantitative estimate of drug-likeness (QED) is 0.392. The number of aliphatic hydroxyl groups excluding tert-OH is 1. The molecule has 0 spiro atoms. The van der Waals surface area contributed by atoms with Gasteiger partial charge in [0.25, 0.3) is 0 Å². The van der Waals surface area contributed by atoms with Gasteiger partial charge in [0.05, 0.1) is 30.6 Å². The van der Waals surface area contributed by atoms with Crippen molar-refractivity contribution in [3.05, 3.63) is 71.9 Å². The lowest BCUT2D eigenvalue weighted by molar-refractivity contribution is -0.0506. The SMILES string of the molecule is O[C@@H]1C[C@@H](c2ccccc2OC(F)F)c2c1nc1ccc(-c3cnc(N4CC[S+](O)CC4)nc3)cn21. The lowest BCUT2D eigenvalue weighted by Gasteiger charge is -2.24. The molecule has 1 aliphatic heterocycles. The van der Waals surface area contributed by atoms with Crippen LogP contribution in [0.3, 0.4) is 0 Å². The lowest BCUT2D eigenvalue weighted by Crippen LogP contribution is -2.41. The van der Waals surface area contributed by atoms with Gasteiger partial charge in [0.1, 0.15) is 22.6 Å². The molecule has 186 valence electrons. The highest BCUT2D eigenvalue weighted by Gasteiger charge is 2.37. The normalized spacial score (nSPS) is 20.3. The van der Waals surface area contributed by atoms with Crippen LogP contribution in [0.25, 0.3) is 16.8 Å². The number of fused-ring (bicyclic) bond motifs is 3. The summed E-state index contributed by atoms with van der Waals surface area (Å²) in [5, 5.41) is 10.7. The number of anilines is 1. The van der Waals surface area contributed by atoms with Gasteiger partial charge in [0.2, 0.25) is 5.95 Å². The summed E-state index contributed by atoms with van der Waals surface area (Å²) in [6.07, 6.45) is 4.98. The van der Waals surface area contributed by atoms with E-state index in [4.69, 9.17) is 4.74 Å². The number of pyridine rings is 1. The number of nitrogens with zero attached hydrogens (tertiary/aromatic N) is 5. The van der Waals surface area contributed by atoms with Gasteiger partial charge in [0.15, 0.2) is 11.5 Å². The number of rotatable bonds is 5. The number of benzene rings is 1. The number of ether oxygens (including phenoxy) is 1. The van der Waals surface area contributed by atoms with Gasteiger partial charge in [-0.2, -0.15) is 13.3 Å². The van der Waals surface area contributed by atoms with Crippen LogP contribution in [0, 0.1) is 0 Å². The summed E-state index contributed by atoms with van der Waals surface area (Å²) in [6, 6.07) is 10.5. The number of alkyl halides is 2. The second kappa shape index (κ2) is 9.30. The third-order valence-electron chi connectivity index (χ3n) is 6.75. The average Bonchev–Trinajstić information content (AvgIpc) is 3.42. The summed E-state index contributed by atoms with van der Waals surface area (Å²) >= 11 is -0.521. The van der Waals surface area contributed by atoms with Gasteiger partial charge in [-0.05, 0) is 24.6 Å². The van der Waals surface area contributed by atoms with Crippen molar-refractivity contribution in [1.82, 2.24) is 19.4 Å². The van der Waals surface area contributed by atoms with Crippen LogP contribution in [-0.4, -0.2) is 60.2 Å². The maximum absolute atomic E-state index is 13.0. The fraction of sp³-hybridized carbons (Fsp3) is 0.320. The molecule has 1 aliphatic carbocycles. The van der Waals surface area contributed by atoms with Crippen molar-refractivity contribution in [2.45, 2.75) is 25.1 Å². The van der Waals surface area contributed by atoms with Crippen molar-refractivity contribution < 1.29 is 23.2 Å². The van der Waals surface area contributed by atoms with E-state index in [9.17, 15) is 18.4 Å². The molecule has 0 unspecified atom stereocenters. The lowest BCUT2D eigenvalue weighted by atomic mass is 9.95. The van der Waals surface area contributed by atoms with Crippen molar-refractivity contribution in [2.75, 3.05) is 29.5 Å². The van der Waals surface area contributed by atoms with Gasteiger partial charge in [-0.3, -0.25) is 0 Å². The van der Waals surface area contributed by atoms with Gasteiger partial charge < -0.3 is 19.1 Å². The molecule has 0 bridgehead atoms. The van der Waals surface area contributed by atoms with Gasteiger partial charge in [-0.1, -0.05) is 18.2 Å². The molecule has 0 amide bonds. The van der Waals surface area contributed by atoms with Crippen LogP contribution in [0.5, 0.6) is 5.75 Å². The van der Waals surface area contributed by atoms with E-state index >= 15 is 0 Å². The first-order valence-corrected chi connectivity index (χ1v) is 13.2. The molecule has 11 heteroatoms. The Kier molecular flexibility index (Phi) is 5.98. The molecule has 1 fully saturated rings. The van der Waals surface area contributed by atoms with Crippen LogP contribution in [-0.2, 0) is 11.2 Å². The first-order valence-electron chi connectivity index (χ1n) is 11.7. The van der Waals surface area contributed by atoms with Crippen molar-refractivity contribution >= 4 is 22.8 Å². The fourth-order valence-electron chi connectivity index (χ4n) is 5.01. The Bertz CT molecular complexity index is 1390. The van der Waals surface area contributed by atoms with Crippen molar-refractivity contribution in [1.29, 1.82) is 0 Å². The smallest absolute Gasteiger partial charge is 0.387 e. The summed E-state index contributed by atoms with van der Waals surface area (Å²) in [4.78, 5) is 15.8. The predicted molar refractivity (Wildman–Crippen MR) is 133 cm³/mol. The van der Waals surface area contributed by atoms with Crippen LogP contribution in [0.15, 0.2) is 55.0 Å². The molecule has 4 aromatic rings. The minimum atomic E-state index is -2.94. The highest BCUT2D eigenvalue weighted by atomic mass is 32.2. The van der Waals surface area contributed by atoms with Crippen molar-refractivity contribution in [3.63, 3.8) is 0 Å². The Balaban J connectivity index is 1.36. The van der Waals surface area contributed by atoms with Gasteiger partial charge >= 0.3 is 6.61 Å². The van der Waals surface area contributed by atoms with E-state index in [1.807, 2.05) is 22.7 Å². The molecule has 6 rings (SSSR count). The zero-order chi connectivity index (χ0) is 24.8. The van der Waals surface area contributed by atoms with E-state index in [0.29, 0.717) is 29.3 Å². The van der Waals surface area contributed by atoms with E-state index in [1.54, 1.807) is 30.6 Å². The maximum atomic E-state index is 13.0. The second-order valence-electron chi connectivity index (χ2n) is 8.88. The molecule has 0 radical (unpaired) electrons. The highest BCUT2D eigenvalue weighted by molar-refractivity contribution is 7.91. The summed E-state index contributed by atoms with van der Waals surface area (Å²) < 4.78 is 42.5. The molecule has 0 saturated carbocycles. The zero-order valence-corrected chi connectivity index (χ0v) is 20.0. The van der Waals surface area contributed by atoms with Crippen LogP contribution >= 0.6 is 0 Å². The summed E-state index contributed by atoms with van der Waals surface area (Å²) in [5.41, 5.74) is 4.23. The Morgan fingerprint density at radius 3 is 2.53 bits per heavy atom. The predicted octanol–water partition coefficient (Wildman–Crippen LogP) is 3.87. The molecule has 36 heavy (non-hydrogen) atoms. The zero-order valence-electron chi connectivity index (χ0n) is 19.2. The molecule has 1 aromatic carbocycles. The van der Waals surface area contributed by atoms with E-state index in [2.05, 4.69) is 19.9 Å². The Labute approximate surface area is 208 Å². The highest BCUT2D eigenvalue weighted by Crippen LogP contribution is 2.47. The standard InChI is InChI=1S/C25H24F2N5O3S/c26-24(27)35-20-4-2-1-3-17(20)18-11-19(33)22-23(18)32-14-15(5-6-21(32)30-22)16-12-28-25(29-13-16)31-7-9-36(34)10-8-31/h1-6,12-14,18-19,24,33-34H,7-11H2/q+1/t18-,19+/m0/s1. The van der Waals surface area contributed by atoms with Gasteiger partial charge in [0, 0.05) is 41.2 Å². The minimum Gasteiger partial charge on any atom is -0.435 e. The fourth-order valence-corrected chi connectivity index (χ4v) is 6.08. The molecule has 1 saturated heterocycles. The molecule has 4 heterocycles. The molecular weight excluding hydrogens is 488 g/mol. The molecule has 3 aromatic heterocycles. The summed E-state index contributed by atoms with van der Waals surface area (Å²) in [7, 11) is 0. The molecule has 8 nitrogen and oxygen atoms in total. The average molecular weight is 513 g/mol. The minimum absolute atomic E-state index is 0.0957. The maximum Gasteiger partial charge on any atom is 0.387 e. The van der Waals surface area contributed by atoms with E-state index in [-0.39, 0.29) is 11.7 Å². The molecule has 2 atom stereocenters. The third-order valence-corrected chi connectivity index (χ3v) is 8.05. The third kappa shape index (κ3) is 4.16. The van der Waals surface area contributed by atoms with Gasteiger partial charge in [-0.15, -0.1) is 0 Å². The summed E-state index contributed by atoms with van der Waals surface area (Å²) in [5.74, 6) is 1.83. The Morgan fingerprint density at radius 1 is 1.03 bits per heavy atom. The number of aliphatic hydroxyl groups is 1. The molecule has 2 aliphatic rings. The van der Waals surface area contributed by atoms with Crippen molar-refractivity contribution in [2.24, 2.45) is 0 Å².